The molecular formula is C7H6. The van der Waals surface area contributed by atoms with Crippen LogP contribution < -0.4 is 0 Å². The normalized spacial score (nSPS) is 5.14. The first-order valence-corrected chi connectivity index (χ1v) is 1.89. The zero-order chi connectivity index (χ0) is 5.70. The molecule has 0 rings (SSSR count). The Morgan fingerprint density at radius 1 is 1.71 bits per heavy atom. The van der Waals surface area contributed by atoms with E-state index in [1.54, 1.807) is 0 Å². The maximum atomic E-state index is 4.81. The smallest absolute Gasteiger partial charge is 0.00723 e. The van der Waals surface area contributed by atoms with Gasteiger partial charge in [-0.1, -0.05) is 12.5 Å². The molecule has 0 radical (unpaired) electrons. The fraction of sp³-hybridized carbons (Fsp3) is 0.143. The Hall–Kier alpha value is -1.14. The van der Waals surface area contributed by atoms with E-state index in [2.05, 4.69) is 24.3 Å². The molecule has 0 bridgehead atoms. The van der Waals surface area contributed by atoms with Gasteiger partial charge in [-0.3, -0.25) is 0 Å². The highest BCUT2D eigenvalue weighted by Crippen LogP contribution is 1.77. The highest BCUT2D eigenvalue weighted by atomic mass is 13.7. The number of rotatable bonds is 0. The molecule has 0 aliphatic rings. The second kappa shape index (κ2) is 3.07. The van der Waals surface area contributed by atoms with E-state index in [0.717, 1.165) is 5.57 Å². The second-order valence-corrected chi connectivity index (χ2v) is 1.17. The zero-order valence-electron chi connectivity index (χ0n) is 4.28. The van der Waals surface area contributed by atoms with Gasteiger partial charge in [-0.15, -0.1) is 6.42 Å². The van der Waals surface area contributed by atoms with Crippen LogP contribution in [0.1, 0.15) is 6.92 Å². The lowest BCUT2D eigenvalue weighted by Crippen LogP contribution is -1.57. The van der Waals surface area contributed by atoms with E-state index >= 15 is 0 Å². The largest absolute Gasteiger partial charge is 0.106 e. The maximum absolute atomic E-state index is 4.81. The van der Waals surface area contributed by atoms with Crippen LogP contribution in [0.2, 0.25) is 0 Å². The lowest BCUT2D eigenvalue weighted by molar-refractivity contribution is 1.63. The minimum Gasteiger partial charge on any atom is -0.106 e. The molecule has 0 heterocycles. The molecular weight excluding hydrogens is 84.1 g/mol. The third-order valence-corrected chi connectivity index (χ3v) is 0.348. The van der Waals surface area contributed by atoms with Crippen molar-refractivity contribution in [3.8, 4) is 24.2 Å². The summed E-state index contributed by atoms with van der Waals surface area (Å²) in [5.41, 5.74) is 0.804. The van der Waals surface area contributed by atoms with E-state index in [4.69, 9.17) is 6.42 Å². The average Bonchev–Trinajstić information content (AvgIpc) is 1.61. The van der Waals surface area contributed by atoms with Crippen molar-refractivity contribution in [2.45, 2.75) is 6.92 Å². The number of allylic oxidation sites excluding steroid dienone is 1. The first-order valence-electron chi connectivity index (χ1n) is 1.89. The Bertz CT molecular complexity index is 157. The number of terminal acetylenes is 1. The molecule has 0 aliphatic carbocycles. The van der Waals surface area contributed by atoms with Crippen LogP contribution in [-0.2, 0) is 0 Å². The standard InChI is InChI=1S/C7H6/c1-4-5-6-7(2)3/h1H,2H2,3H3. The van der Waals surface area contributed by atoms with E-state index in [1.165, 1.54) is 0 Å². The highest BCUT2D eigenvalue weighted by molar-refractivity contribution is 5.32. The predicted molar refractivity (Wildman–Crippen MR) is 31.4 cm³/mol. The first-order chi connectivity index (χ1) is 3.27. The van der Waals surface area contributed by atoms with Gasteiger partial charge in [0.1, 0.15) is 0 Å². The van der Waals surface area contributed by atoms with Crippen LogP contribution in [0.5, 0.6) is 0 Å². The van der Waals surface area contributed by atoms with Gasteiger partial charge in [0.25, 0.3) is 0 Å². The van der Waals surface area contributed by atoms with E-state index in [1.807, 2.05) is 6.92 Å². The summed E-state index contributed by atoms with van der Waals surface area (Å²) in [5, 5.41) is 0. The van der Waals surface area contributed by atoms with Crippen LogP contribution in [-0.4, -0.2) is 0 Å². The van der Waals surface area contributed by atoms with Gasteiger partial charge in [-0.2, -0.15) is 0 Å². The molecule has 0 spiro atoms. The van der Waals surface area contributed by atoms with Gasteiger partial charge < -0.3 is 0 Å². The molecule has 0 atom stereocenters. The molecule has 34 valence electrons. The third kappa shape index (κ3) is 4.86. The Balaban J connectivity index is 3.74. The van der Waals surface area contributed by atoms with Crippen molar-refractivity contribution in [2.75, 3.05) is 0 Å². The van der Waals surface area contributed by atoms with Crippen molar-refractivity contribution in [2.24, 2.45) is 0 Å². The van der Waals surface area contributed by atoms with Gasteiger partial charge in [0.15, 0.2) is 0 Å². The van der Waals surface area contributed by atoms with Crippen LogP contribution in [0.15, 0.2) is 12.2 Å². The van der Waals surface area contributed by atoms with Crippen molar-refractivity contribution in [3.05, 3.63) is 12.2 Å². The molecule has 0 saturated heterocycles. The zero-order valence-corrected chi connectivity index (χ0v) is 4.28. The van der Waals surface area contributed by atoms with Crippen molar-refractivity contribution < 1.29 is 0 Å². The van der Waals surface area contributed by atoms with Crippen LogP contribution >= 0.6 is 0 Å². The fourth-order valence-corrected chi connectivity index (χ4v) is 0.143. The summed E-state index contributed by atoms with van der Waals surface area (Å²) in [6.45, 7) is 5.33. The quantitative estimate of drug-likeness (QED) is 0.392. The second-order valence-electron chi connectivity index (χ2n) is 1.17. The van der Waals surface area contributed by atoms with Crippen molar-refractivity contribution in [1.82, 2.24) is 0 Å². The molecule has 0 N–H and O–H groups in total. The van der Waals surface area contributed by atoms with Gasteiger partial charge in [-0.25, -0.2) is 0 Å². The summed E-state index contributed by atoms with van der Waals surface area (Å²) in [6, 6.07) is 0. The van der Waals surface area contributed by atoms with Crippen molar-refractivity contribution in [1.29, 1.82) is 0 Å². The Morgan fingerprint density at radius 3 is 2.43 bits per heavy atom. The molecule has 0 heteroatoms. The molecule has 0 aliphatic heterocycles. The molecule has 0 saturated carbocycles. The van der Waals surface area contributed by atoms with Crippen LogP contribution in [0, 0.1) is 24.2 Å². The summed E-state index contributed by atoms with van der Waals surface area (Å²) in [4.78, 5) is 0. The number of hydrogen-bond acceptors (Lipinski definition) is 0. The molecule has 0 nitrogen and oxygen atoms in total. The summed E-state index contributed by atoms with van der Waals surface area (Å²) in [7, 11) is 0. The summed E-state index contributed by atoms with van der Waals surface area (Å²) >= 11 is 0. The van der Waals surface area contributed by atoms with Crippen LogP contribution in [0.3, 0.4) is 0 Å². The van der Waals surface area contributed by atoms with E-state index in [-0.39, 0.29) is 0 Å². The van der Waals surface area contributed by atoms with Gasteiger partial charge in [0.05, 0.1) is 0 Å². The summed E-state index contributed by atoms with van der Waals surface area (Å²) in [6.07, 6.45) is 4.81. The Labute approximate surface area is 44.2 Å². The monoisotopic (exact) mass is 90.0 g/mol. The molecule has 7 heavy (non-hydrogen) atoms. The fourth-order valence-electron chi connectivity index (χ4n) is 0.143. The maximum Gasteiger partial charge on any atom is -0.00723 e. The summed E-state index contributed by atoms with van der Waals surface area (Å²) in [5.74, 6) is 7.22. The highest BCUT2D eigenvalue weighted by Gasteiger charge is 1.63. The van der Waals surface area contributed by atoms with E-state index in [9.17, 15) is 0 Å². The van der Waals surface area contributed by atoms with Gasteiger partial charge in [0.2, 0.25) is 0 Å². The predicted octanol–water partition coefficient (Wildman–Crippen LogP) is 1.20. The molecule has 0 aromatic carbocycles. The third-order valence-electron chi connectivity index (χ3n) is 0.348. The summed E-state index contributed by atoms with van der Waals surface area (Å²) < 4.78 is 0. The van der Waals surface area contributed by atoms with Gasteiger partial charge in [0, 0.05) is 0 Å². The average molecular weight is 90.1 g/mol. The van der Waals surface area contributed by atoms with Gasteiger partial charge >= 0.3 is 0 Å². The minimum atomic E-state index is 0.804. The van der Waals surface area contributed by atoms with Crippen molar-refractivity contribution >= 4 is 0 Å². The van der Waals surface area contributed by atoms with E-state index < -0.39 is 0 Å². The van der Waals surface area contributed by atoms with Gasteiger partial charge in [-0.05, 0) is 24.3 Å². The minimum absolute atomic E-state index is 0.804. The number of hydrogen-bond donors (Lipinski definition) is 0. The van der Waals surface area contributed by atoms with E-state index in [0.29, 0.717) is 0 Å². The molecule has 0 amide bonds. The molecule has 0 aromatic heterocycles. The molecule has 0 fully saturated rings. The first kappa shape index (κ1) is 5.86. The lowest BCUT2D eigenvalue weighted by Gasteiger charge is -1.69. The van der Waals surface area contributed by atoms with Crippen LogP contribution in [0.25, 0.3) is 0 Å². The SMILES string of the molecule is C#CC#CC(=C)C. The van der Waals surface area contributed by atoms with Crippen molar-refractivity contribution in [3.63, 3.8) is 0 Å². The Morgan fingerprint density at radius 2 is 2.29 bits per heavy atom. The molecule has 0 aromatic rings. The van der Waals surface area contributed by atoms with Crippen LogP contribution in [0.4, 0.5) is 0 Å². The lowest BCUT2D eigenvalue weighted by atomic mass is 10.4. The molecule has 0 unspecified atom stereocenters. The topological polar surface area (TPSA) is 0 Å². The Kier molecular flexibility index (Phi) is 2.57.